The van der Waals surface area contributed by atoms with Crippen LogP contribution in [-0.4, -0.2) is 31.6 Å². The molecular formula is C15H21FN2O2. The summed E-state index contributed by atoms with van der Waals surface area (Å²) in [6.07, 6.45) is 0.637. The summed E-state index contributed by atoms with van der Waals surface area (Å²) in [6.45, 7) is 5.64. The molecule has 0 fully saturated rings. The van der Waals surface area contributed by atoms with E-state index in [4.69, 9.17) is 4.74 Å². The van der Waals surface area contributed by atoms with Crippen LogP contribution in [-0.2, 0) is 11.2 Å². The van der Waals surface area contributed by atoms with Crippen LogP contribution in [0.2, 0.25) is 0 Å². The van der Waals surface area contributed by atoms with E-state index in [1.54, 1.807) is 6.07 Å². The number of hydrogen-bond acceptors (Lipinski definition) is 3. The molecule has 1 aliphatic rings. The molecule has 0 saturated heterocycles. The second-order valence-electron chi connectivity index (χ2n) is 5.52. The molecule has 110 valence electrons. The van der Waals surface area contributed by atoms with Crippen LogP contribution in [0.5, 0.6) is 5.75 Å². The average molecular weight is 280 g/mol. The summed E-state index contributed by atoms with van der Waals surface area (Å²) in [6, 6.07) is 4.55. The Morgan fingerprint density at radius 1 is 1.50 bits per heavy atom. The van der Waals surface area contributed by atoms with Crippen molar-refractivity contribution in [2.75, 3.05) is 19.6 Å². The number of amides is 1. The Balaban J connectivity index is 1.68. The Bertz CT molecular complexity index is 477. The Hall–Kier alpha value is -1.62. The highest BCUT2D eigenvalue weighted by molar-refractivity contribution is 5.77. The van der Waals surface area contributed by atoms with Gasteiger partial charge >= 0.3 is 0 Å². The average Bonchev–Trinajstić information content (AvgIpc) is 2.78. The molecule has 0 spiro atoms. The van der Waals surface area contributed by atoms with E-state index in [1.807, 2.05) is 0 Å². The first kappa shape index (κ1) is 14.8. The van der Waals surface area contributed by atoms with Gasteiger partial charge in [-0.15, -0.1) is 0 Å². The zero-order valence-corrected chi connectivity index (χ0v) is 11.9. The molecule has 1 unspecified atom stereocenters. The van der Waals surface area contributed by atoms with Crippen molar-refractivity contribution in [2.45, 2.75) is 26.4 Å². The third-order valence-electron chi connectivity index (χ3n) is 3.13. The summed E-state index contributed by atoms with van der Waals surface area (Å²) < 4.78 is 18.8. The maximum absolute atomic E-state index is 13.1. The highest BCUT2D eigenvalue weighted by Crippen LogP contribution is 2.28. The van der Waals surface area contributed by atoms with Crippen molar-refractivity contribution < 1.29 is 13.9 Å². The molecule has 0 saturated carbocycles. The second kappa shape index (κ2) is 6.70. The first-order valence-electron chi connectivity index (χ1n) is 6.97. The van der Waals surface area contributed by atoms with Crippen molar-refractivity contribution in [1.29, 1.82) is 0 Å². The van der Waals surface area contributed by atoms with Gasteiger partial charge < -0.3 is 15.4 Å². The van der Waals surface area contributed by atoms with E-state index >= 15 is 0 Å². The van der Waals surface area contributed by atoms with Crippen molar-refractivity contribution in [3.05, 3.63) is 29.6 Å². The van der Waals surface area contributed by atoms with E-state index in [0.717, 1.165) is 11.3 Å². The molecule has 0 bridgehead atoms. The summed E-state index contributed by atoms with van der Waals surface area (Å²) in [5.41, 5.74) is 0.890. The number of carbonyl (C=O) groups is 1. The fraction of sp³-hybridized carbons (Fsp3) is 0.533. The van der Waals surface area contributed by atoms with Crippen LogP contribution in [0.15, 0.2) is 18.2 Å². The van der Waals surface area contributed by atoms with Gasteiger partial charge in [-0.2, -0.15) is 0 Å². The van der Waals surface area contributed by atoms with Crippen LogP contribution >= 0.6 is 0 Å². The zero-order valence-electron chi connectivity index (χ0n) is 11.9. The number of benzene rings is 1. The minimum absolute atomic E-state index is 0.0137. The van der Waals surface area contributed by atoms with E-state index in [-0.39, 0.29) is 24.4 Å². The van der Waals surface area contributed by atoms with Gasteiger partial charge in [0.15, 0.2) is 0 Å². The molecule has 1 heterocycles. The number of halogens is 1. The molecule has 5 heteroatoms. The third-order valence-corrected chi connectivity index (χ3v) is 3.13. The van der Waals surface area contributed by atoms with Crippen LogP contribution in [0.25, 0.3) is 0 Å². The zero-order chi connectivity index (χ0) is 14.5. The van der Waals surface area contributed by atoms with Crippen molar-refractivity contribution in [2.24, 2.45) is 5.92 Å². The van der Waals surface area contributed by atoms with Crippen molar-refractivity contribution in [1.82, 2.24) is 10.6 Å². The quantitative estimate of drug-likeness (QED) is 0.830. The molecule has 0 radical (unpaired) electrons. The van der Waals surface area contributed by atoms with Gasteiger partial charge in [0, 0.05) is 25.1 Å². The fourth-order valence-corrected chi connectivity index (χ4v) is 2.13. The van der Waals surface area contributed by atoms with E-state index < -0.39 is 0 Å². The van der Waals surface area contributed by atoms with Crippen molar-refractivity contribution >= 4 is 5.91 Å². The lowest BCUT2D eigenvalue weighted by atomic mass is 10.1. The van der Waals surface area contributed by atoms with Gasteiger partial charge in [0.1, 0.15) is 17.7 Å². The van der Waals surface area contributed by atoms with Gasteiger partial charge in [0.2, 0.25) is 5.91 Å². The Kier molecular flexibility index (Phi) is 4.95. The van der Waals surface area contributed by atoms with Crippen LogP contribution in [0.1, 0.15) is 19.4 Å². The van der Waals surface area contributed by atoms with Crippen LogP contribution in [0.3, 0.4) is 0 Å². The number of fused-ring (bicyclic) bond motifs is 1. The van der Waals surface area contributed by atoms with Crippen LogP contribution in [0, 0.1) is 11.7 Å². The largest absolute Gasteiger partial charge is 0.488 e. The molecule has 0 aliphatic carbocycles. The molecule has 0 aromatic heterocycles. The maximum atomic E-state index is 13.1. The van der Waals surface area contributed by atoms with E-state index in [9.17, 15) is 9.18 Å². The number of carbonyl (C=O) groups excluding carboxylic acids is 1. The van der Waals surface area contributed by atoms with E-state index in [2.05, 4.69) is 24.5 Å². The second-order valence-corrected chi connectivity index (χ2v) is 5.52. The van der Waals surface area contributed by atoms with Gasteiger partial charge in [-0.05, 0) is 24.1 Å². The van der Waals surface area contributed by atoms with Crippen molar-refractivity contribution in [3.8, 4) is 5.75 Å². The number of hydrogen-bond donors (Lipinski definition) is 2. The topological polar surface area (TPSA) is 50.4 Å². The number of ether oxygens (including phenoxy) is 1. The molecule has 1 aliphatic heterocycles. The fourth-order valence-electron chi connectivity index (χ4n) is 2.13. The normalized spacial score (nSPS) is 16.9. The Morgan fingerprint density at radius 2 is 2.30 bits per heavy atom. The standard InChI is InChI=1S/C15H21FN2O2/c1-10(2)7-18-15(19)9-17-8-13-6-11-5-12(16)3-4-14(11)20-13/h3-5,10,13,17H,6-9H2,1-2H3,(H,18,19). The number of rotatable bonds is 6. The lowest BCUT2D eigenvalue weighted by molar-refractivity contribution is -0.120. The highest BCUT2D eigenvalue weighted by atomic mass is 19.1. The van der Waals surface area contributed by atoms with Gasteiger partial charge in [-0.1, -0.05) is 13.8 Å². The first-order valence-corrected chi connectivity index (χ1v) is 6.97. The maximum Gasteiger partial charge on any atom is 0.233 e. The molecule has 1 aromatic carbocycles. The summed E-state index contributed by atoms with van der Waals surface area (Å²) in [7, 11) is 0. The summed E-state index contributed by atoms with van der Waals surface area (Å²) in [5, 5.41) is 5.91. The molecule has 4 nitrogen and oxygen atoms in total. The Morgan fingerprint density at radius 3 is 3.05 bits per heavy atom. The van der Waals surface area contributed by atoms with Crippen molar-refractivity contribution in [3.63, 3.8) is 0 Å². The summed E-state index contributed by atoms with van der Waals surface area (Å²) >= 11 is 0. The molecule has 1 amide bonds. The predicted molar refractivity (Wildman–Crippen MR) is 75.2 cm³/mol. The summed E-state index contributed by atoms with van der Waals surface area (Å²) in [5.74, 6) is 0.929. The van der Waals surface area contributed by atoms with E-state index in [0.29, 0.717) is 25.4 Å². The minimum Gasteiger partial charge on any atom is -0.488 e. The first-order chi connectivity index (χ1) is 9.54. The Labute approximate surface area is 118 Å². The lowest BCUT2D eigenvalue weighted by Gasteiger charge is -2.12. The third kappa shape index (κ3) is 4.20. The summed E-state index contributed by atoms with van der Waals surface area (Å²) in [4.78, 5) is 11.5. The van der Waals surface area contributed by atoms with E-state index in [1.165, 1.54) is 12.1 Å². The smallest absolute Gasteiger partial charge is 0.233 e. The molecule has 1 aromatic rings. The molecular weight excluding hydrogens is 259 g/mol. The van der Waals surface area contributed by atoms with Gasteiger partial charge in [-0.3, -0.25) is 4.79 Å². The minimum atomic E-state index is -0.242. The van der Waals surface area contributed by atoms with Gasteiger partial charge in [-0.25, -0.2) is 4.39 Å². The molecule has 2 N–H and O–H groups in total. The molecule has 20 heavy (non-hydrogen) atoms. The van der Waals surface area contributed by atoms with Crippen LogP contribution in [0.4, 0.5) is 4.39 Å². The van der Waals surface area contributed by atoms with Gasteiger partial charge in [0.05, 0.1) is 6.54 Å². The molecule has 1 atom stereocenters. The lowest BCUT2D eigenvalue weighted by Crippen LogP contribution is -2.39. The molecule has 2 rings (SSSR count). The SMILES string of the molecule is CC(C)CNC(=O)CNCC1Cc2cc(F)ccc2O1. The predicted octanol–water partition coefficient (Wildman–Crippen LogP) is 1.49. The highest BCUT2D eigenvalue weighted by Gasteiger charge is 2.22. The van der Waals surface area contributed by atoms with Gasteiger partial charge in [0.25, 0.3) is 0 Å². The van der Waals surface area contributed by atoms with Crippen LogP contribution < -0.4 is 15.4 Å². The number of nitrogens with one attached hydrogen (secondary N) is 2. The monoisotopic (exact) mass is 280 g/mol.